The Bertz CT molecular complexity index is 1080. The maximum Gasteiger partial charge on any atom is 0.271 e. The van der Waals surface area contributed by atoms with Gasteiger partial charge in [0.25, 0.3) is 5.91 Å². The van der Waals surface area contributed by atoms with Crippen molar-refractivity contribution in [3.05, 3.63) is 71.4 Å². The number of carbonyl (C=O) groups excluding carboxylic acids is 1. The summed E-state index contributed by atoms with van der Waals surface area (Å²) in [6.45, 7) is 1.50. The van der Waals surface area contributed by atoms with E-state index in [-0.39, 0.29) is 5.91 Å². The Morgan fingerprint density at radius 2 is 1.79 bits per heavy atom. The molecule has 1 saturated heterocycles. The van der Waals surface area contributed by atoms with Crippen LogP contribution in [0.25, 0.3) is 21.5 Å². The summed E-state index contributed by atoms with van der Waals surface area (Å²) in [7, 11) is 0. The molecule has 4 aromatic rings. The van der Waals surface area contributed by atoms with Crippen LogP contribution in [0.4, 0.5) is 0 Å². The van der Waals surface area contributed by atoms with E-state index in [4.69, 9.17) is 4.98 Å². The van der Waals surface area contributed by atoms with Crippen LogP contribution in [-0.2, 0) is 0 Å². The minimum absolute atomic E-state index is 0.0254. The van der Waals surface area contributed by atoms with E-state index in [1.807, 2.05) is 47.4 Å². The molecule has 1 N–H and O–H groups in total. The number of nitrogens with one attached hydrogen (secondary N) is 1. The van der Waals surface area contributed by atoms with Gasteiger partial charge in [-0.25, -0.2) is 4.98 Å². The van der Waals surface area contributed by atoms with Gasteiger partial charge >= 0.3 is 0 Å². The Hall–Kier alpha value is -2.99. The number of rotatable bonds is 3. The lowest BCUT2D eigenvalue weighted by Gasteiger charge is -2.30. The summed E-state index contributed by atoms with van der Waals surface area (Å²) in [4.78, 5) is 19.6. The number of benzene rings is 2. The molecule has 1 fully saturated rings. The summed E-state index contributed by atoms with van der Waals surface area (Å²) in [5.74, 6) is 0.459. The lowest BCUT2D eigenvalue weighted by atomic mass is 9.97. The molecule has 3 heterocycles. The molecule has 0 saturated carbocycles. The van der Waals surface area contributed by atoms with Crippen molar-refractivity contribution in [3.8, 4) is 11.3 Å². The van der Waals surface area contributed by atoms with Gasteiger partial charge in [0.05, 0.1) is 20.9 Å². The molecule has 1 aliphatic rings. The highest BCUT2D eigenvalue weighted by Crippen LogP contribution is 2.34. The van der Waals surface area contributed by atoms with Crippen LogP contribution in [0.15, 0.2) is 60.7 Å². The predicted molar refractivity (Wildman–Crippen MR) is 112 cm³/mol. The quantitative estimate of drug-likeness (QED) is 0.553. The Morgan fingerprint density at radius 3 is 2.57 bits per heavy atom. The number of hydrogen-bond donors (Lipinski definition) is 1. The van der Waals surface area contributed by atoms with Gasteiger partial charge in [0, 0.05) is 24.6 Å². The Balaban J connectivity index is 1.26. The average molecular weight is 388 g/mol. The number of aromatic amines is 1. The van der Waals surface area contributed by atoms with Gasteiger partial charge in [-0.3, -0.25) is 9.89 Å². The molecule has 1 aliphatic heterocycles. The average Bonchev–Trinajstić information content (AvgIpc) is 3.41. The first-order valence-electron chi connectivity index (χ1n) is 9.53. The van der Waals surface area contributed by atoms with Gasteiger partial charge in [-0.2, -0.15) is 5.10 Å². The zero-order valence-electron chi connectivity index (χ0n) is 15.3. The molecular weight excluding hydrogens is 368 g/mol. The molecule has 2 aromatic carbocycles. The number of nitrogens with zero attached hydrogens (tertiary/aromatic N) is 3. The smallest absolute Gasteiger partial charge is 0.271 e. The topological polar surface area (TPSA) is 61.9 Å². The maximum atomic E-state index is 12.9. The molecule has 140 valence electrons. The minimum atomic E-state index is 0.0254. The summed E-state index contributed by atoms with van der Waals surface area (Å²) in [5.41, 5.74) is 3.44. The van der Waals surface area contributed by atoms with Crippen molar-refractivity contribution in [1.29, 1.82) is 0 Å². The van der Waals surface area contributed by atoms with Gasteiger partial charge < -0.3 is 4.90 Å². The molecule has 1 amide bonds. The molecule has 5 rings (SSSR count). The fraction of sp³-hybridized carbons (Fsp3) is 0.227. The zero-order chi connectivity index (χ0) is 18.9. The van der Waals surface area contributed by atoms with E-state index < -0.39 is 0 Å². The van der Waals surface area contributed by atoms with Crippen LogP contribution in [0.5, 0.6) is 0 Å². The van der Waals surface area contributed by atoms with Crippen LogP contribution in [0.1, 0.15) is 34.3 Å². The third kappa shape index (κ3) is 3.20. The number of aromatic nitrogens is 3. The second-order valence-electron chi connectivity index (χ2n) is 7.12. The molecule has 0 unspecified atom stereocenters. The van der Waals surface area contributed by atoms with Gasteiger partial charge in [0.1, 0.15) is 5.69 Å². The first-order valence-corrected chi connectivity index (χ1v) is 10.3. The molecular formula is C22H20N4OS. The zero-order valence-corrected chi connectivity index (χ0v) is 16.2. The monoisotopic (exact) mass is 388 g/mol. The first kappa shape index (κ1) is 17.1. The van der Waals surface area contributed by atoms with E-state index in [0.29, 0.717) is 11.6 Å². The summed E-state index contributed by atoms with van der Waals surface area (Å²) in [6, 6.07) is 20.0. The van der Waals surface area contributed by atoms with Crippen molar-refractivity contribution >= 4 is 27.5 Å². The molecule has 0 aliphatic carbocycles. The number of thiazole rings is 1. The molecule has 28 heavy (non-hydrogen) atoms. The normalized spacial score (nSPS) is 15.2. The highest BCUT2D eigenvalue weighted by atomic mass is 32.1. The van der Waals surface area contributed by atoms with Gasteiger partial charge in [0.15, 0.2) is 0 Å². The molecule has 0 atom stereocenters. The minimum Gasteiger partial charge on any atom is -0.337 e. The van der Waals surface area contributed by atoms with Crippen LogP contribution in [0.3, 0.4) is 0 Å². The van der Waals surface area contributed by atoms with Gasteiger partial charge in [-0.1, -0.05) is 42.5 Å². The largest absolute Gasteiger partial charge is 0.337 e. The highest BCUT2D eigenvalue weighted by Gasteiger charge is 2.27. The van der Waals surface area contributed by atoms with E-state index in [0.717, 1.165) is 42.7 Å². The van der Waals surface area contributed by atoms with E-state index in [2.05, 4.69) is 28.4 Å². The summed E-state index contributed by atoms with van der Waals surface area (Å²) >= 11 is 1.78. The van der Waals surface area contributed by atoms with Crippen LogP contribution < -0.4 is 0 Å². The number of fused-ring (bicyclic) bond motifs is 1. The number of likely N-dealkylation sites (tertiary alicyclic amines) is 1. The fourth-order valence-corrected chi connectivity index (χ4v) is 4.89. The third-order valence-corrected chi connectivity index (χ3v) is 6.52. The first-order chi connectivity index (χ1) is 13.8. The van der Waals surface area contributed by atoms with Crippen LogP contribution in [0, 0.1) is 0 Å². The van der Waals surface area contributed by atoms with Gasteiger partial charge in [-0.15, -0.1) is 11.3 Å². The number of H-pyrrole nitrogens is 1. The number of carbonyl (C=O) groups is 1. The maximum absolute atomic E-state index is 12.9. The SMILES string of the molecule is O=C(c1cc(-c2ccccc2)n[nH]1)N1CCC(c2nc3ccccc3s2)CC1. The lowest BCUT2D eigenvalue weighted by Crippen LogP contribution is -2.38. The van der Waals surface area contributed by atoms with Crippen molar-refractivity contribution in [2.75, 3.05) is 13.1 Å². The van der Waals surface area contributed by atoms with E-state index in [9.17, 15) is 4.79 Å². The van der Waals surface area contributed by atoms with Gasteiger partial charge in [-0.05, 0) is 31.0 Å². The third-order valence-electron chi connectivity index (χ3n) is 5.32. The summed E-state index contributed by atoms with van der Waals surface area (Å²) in [6.07, 6.45) is 1.90. The Morgan fingerprint density at radius 1 is 1.04 bits per heavy atom. The Labute approximate surface area is 167 Å². The second-order valence-corrected chi connectivity index (χ2v) is 8.18. The van der Waals surface area contributed by atoms with Crippen molar-refractivity contribution in [1.82, 2.24) is 20.1 Å². The van der Waals surface area contributed by atoms with Crippen molar-refractivity contribution in [2.45, 2.75) is 18.8 Å². The Kier molecular flexibility index (Phi) is 4.41. The summed E-state index contributed by atoms with van der Waals surface area (Å²) < 4.78 is 1.24. The molecule has 0 bridgehead atoms. The van der Waals surface area contributed by atoms with Crippen molar-refractivity contribution in [2.24, 2.45) is 0 Å². The number of hydrogen-bond acceptors (Lipinski definition) is 4. The van der Waals surface area contributed by atoms with Crippen molar-refractivity contribution < 1.29 is 4.79 Å². The number of amides is 1. The van der Waals surface area contributed by atoms with Crippen molar-refractivity contribution in [3.63, 3.8) is 0 Å². The van der Waals surface area contributed by atoms with E-state index >= 15 is 0 Å². The molecule has 0 spiro atoms. The van der Waals surface area contributed by atoms with E-state index in [1.54, 1.807) is 11.3 Å². The van der Waals surface area contributed by atoms with Crippen LogP contribution in [0.2, 0.25) is 0 Å². The number of para-hydroxylation sites is 1. The summed E-state index contributed by atoms with van der Waals surface area (Å²) in [5, 5.41) is 8.41. The molecule has 0 radical (unpaired) electrons. The molecule has 6 heteroatoms. The molecule has 2 aromatic heterocycles. The lowest BCUT2D eigenvalue weighted by molar-refractivity contribution is 0.0707. The molecule has 5 nitrogen and oxygen atoms in total. The van der Waals surface area contributed by atoms with Crippen LogP contribution >= 0.6 is 11.3 Å². The fourth-order valence-electron chi connectivity index (χ4n) is 3.75. The standard InChI is InChI=1S/C22H20N4OS/c27-22(19-14-18(24-25-19)15-6-2-1-3-7-15)26-12-10-16(11-13-26)21-23-17-8-4-5-9-20(17)28-21/h1-9,14,16H,10-13H2,(H,24,25). The van der Waals surface area contributed by atoms with E-state index in [1.165, 1.54) is 9.71 Å². The number of piperidine rings is 1. The van der Waals surface area contributed by atoms with Gasteiger partial charge in [0.2, 0.25) is 0 Å². The highest BCUT2D eigenvalue weighted by molar-refractivity contribution is 7.18. The predicted octanol–water partition coefficient (Wildman–Crippen LogP) is 4.71. The van der Waals surface area contributed by atoms with Crippen LogP contribution in [-0.4, -0.2) is 39.1 Å². The second kappa shape index (κ2) is 7.20.